The molecule has 0 bridgehead atoms. The van der Waals surface area contributed by atoms with Gasteiger partial charge in [0.25, 0.3) is 0 Å². The zero-order chi connectivity index (χ0) is 15.5. The van der Waals surface area contributed by atoms with E-state index >= 15 is 0 Å². The Labute approximate surface area is 155 Å². The molecule has 0 saturated carbocycles. The number of para-hydroxylation sites is 3. The van der Waals surface area contributed by atoms with Crippen LogP contribution in [0.1, 0.15) is 12.0 Å². The molecule has 1 aliphatic rings. The first-order chi connectivity index (χ1) is 10.7. The largest absolute Gasteiger partial charge is 0.399 e. The second-order valence-electron chi connectivity index (χ2n) is 5.65. The van der Waals surface area contributed by atoms with Gasteiger partial charge in [-0.1, -0.05) is 30.3 Å². The second kappa shape index (κ2) is 8.81. The van der Waals surface area contributed by atoms with Crippen molar-refractivity contribution >= 4 is 47.8 Å². The Bertz CT molecular complexity index is 693. The molecule has 2 aromatic rings. The Kier molecular flexibility index (Phi) is 7.39. The Hall–Kier alpha value is -1.91. The number of nitrogen functional groups attached to an aromatic ring is 1. The lowest BCUT2D eigenvalue weighted by atomic mass is 10.1. The van der Waals surface area contributed by atoms with Crippen LogP contribution in [0.2, 0.25) is 0 Å². The molecule has 0 radical (unpaired) electrons. The molecule has 4 nitrogen and oxygen atoms in total. The summed E-state index contributed by atoms with van der Waals surface area (Å²) < 4.78 is 0. The van der Waals surface area contributed by atoms with Crippen LogP contribution < -0.4 is 15.5 Å². The third kappa shape index (κ3) is 4.13. The summed E-state index contributed by atoms with van der Waals surface area (Å²) in [4.78, 5) is 16.7. The first-order valence-electron chi connectivity index (χ1n) is 7.61. The maximum absolute atomic E-state index is 12.6. The van der Waals surface area contributed by atoms with Crippen LogP contribution in [0.4, 0.5) is 17.1 Å². The molecule has 3 rings (SSSR count). The molecule has 0 unspecified atom stereocenters. The van der Waals surface area contributed by atoms with Gasteiger partial charge < -0.3 is 15.5 Å². The highest BCUT2D eigenvalue weighted by atomic mass is 35.5. The molecular weight excluding hydrogens is 345 g/mol. The maximum Gasteiger partial charge on any atom is 0.227 e. The van der Waals surface area contributed by atoms with Gasteiger partial charge in [0.1, 0.15) is 0 Å². The highest BCUT2D eigenvalue weighted by Gasteiger charge is 2.24. The summed E-state index contributed by atoms with van der Waals surface area (Å²) in [5.41, 5.74) is 9.86. The van der Waals surface area contributed by atoms with Gasteiger partial charge in [-0.2, -0.15) is 0 Å². The van der Waals surface area contributed by atoms with Crippen molar-refractivity contribution in [2.45, 2.75) is 12.8 Å². The lowest BCUT2D eigenvalue weighted by molar-refractivity contribution is -0.118. The summed E-state index contributed by atoms with van der Waals surface area (Å²) in [6, 6.07) is 15.8. The monoisotopic (exact) mass is 367 g/mol. The molecule has 0 aliphatic carbocycles. The van der Waals surface area contributed by atoms with Gasteiger partial charge in [-0.15, -0.1) is 24.8 Å². The molecule has 1 aliphatic heterocycles. The van der Waals surface area contributed by atoms with Crippen molar-refractivity contribution in [2.75, 3.05) is 35.7 Å². The number of benzene rings is 2. The van der Waals surface area contributed by atoms with E-state index in [1.165, 1.54) is 0 Å². The highest BCUT2D eigenvalue weighted by Crippen LogP contribution is 2.32. The topological polar surface area (TPSA) is 49.6 Å². The number of nitrogens with two attached hydrogens (primary N) is 1. The number of carbonyl (C=O) groups excluding carboxylic acids is 1. The van der Waals surface area contributed by atoms with Crippen LogP contribution in [0.5, 0.6) is 0 Å². The number of hydrogen-bond donors (Lipinski definition) is 1. The van der Waals surface area contributed by atoms with Gasteiger partial charge >= 0.3 is 0 Å². The summed E-state index contributed by atoms with van der Waals surface area (Å²) in [6.45, 7) is 1.59. The molecule has 2 aromatic carbocycles. The van der Waals surface area contributed by atoms with Crippen molar-refractivity contribution in [3.63, 3.8) is 0 Å². The van der Waals surface area contributed by atoms with Gasteiger partial charge in [-0.3, -0.25) is 4.79 Å². The van der Waals surface area contributed by atoms with E-state index in [2.05, 4.69) is 18.0 Å². The van der Waals surface area contributed by atoms with E-state index in [0.717, 1.165) is 35.7 Å². The third-order valence-corrected chi connectivity index (χ3v) is 4.21. The van der Waals surface area contributed by atoms with Crippen molar-refractivity contribution in [1.29, 1.82) is 0 Å². The molecule has 6 heteroatoms. The zero-order valence-electron chi connectivity index (χ0n) is 13.6. The Morgan fingerprint density at radius 1 is 1.00 bits per heavy atom. The van der Waals surface area contributed by atoms with Crippen molar-refractivity contribution in [2.24, 2.45) is 0 Å². The van der Waals surface area contributed by atoms with Crippen molar-refractivity contribution < 1.29 is 4.79 Å². The Morgan fingerprint density at radius 2 is 1.62 bits per heavy atom. The fourth-order valence-corrected chi connectivity index (χ4v) is 2.90. The smallest absolute Gasteiger partial charge is 0.227 e. The highest BCUT2D eigenvalue weighted by molar-refractivity contribution is 5.98. The van der Waals surface area contributed by atoms with E-state index in [9.17, 15) is 4.79 Å². The number of aryl methyl sites for hydroxylation is 1. The first kappa shape index (κ1) is 20.1. The van der Waals surface area contributed by atoms with Gasteiger partial charge in [-0.25, -0.2) is 0 Å². The van der Waals surface area contributed by atoms with E-state index in [4.69, 9.17) is 5.73 Å². The summed E-state index contributed by atoms with van der Waals surface area (Å²) in [5, 5.41) is 0. The van der Waals surface area contributed by atoms with Gasteiger partial charge in [0.2, 0.25) is 5.91 Å². The predicted octanol–water partition coefficient (Wildman–Crippen LogP) is 3.53. The Balaban J connectivity index is 0.00000144. The molecule has 0 spiro atoms. The maximum atomic E-state index is 12.6. The number of nitrogens with zero attached hydrogens (tertiary/aromatic N) is 2. The van der Waals surface area contributed by atoms with Crippen LogP contribution in [-0.2, 0) is 11.2 Å². The van der Waals surface area contributed by atoms with Crippen molar-refractivity contribution in [3.05, 3.63) is 54.1 Å². The minimum atomic E-state index is 0. The van der Waals surface area contributed by atoms with Gasteiger partial charge in [-0.05, 0) is 30.2 Å². The SMILES string of the molecule is CN1CCN(C(=O)CCc2ccccc2N)c2ccccc21.Cl.Cl. The van der Waals surface area contributed by atoms with Crippen molar-refractivity contribution in [1.82, 2.24) is 0 Å². The fourth-order valence-electron chi connectivity index (χ4n) is 2.90. The van der Waals surface area contributed by atoms with Crippen LogP contribution in [-0.4, -0.2) is 26.0 Å². The van der Waals surface area contributed by atoms with Crippen LogP contribution >= 0.6 is 24.8 Å². The van der Waals surface area contributed by atoms with E-state index < -0.39 is 0 Å². The Morgan fingerprint density at radius 3 is 2.33 bits per heavy atom. The normalized spacial score (nSPS) is 12.7. The van der Waals surface area contributed by atoms with Crippen molar-refractivity contribution in [3.8, 4) is 0 Å². The average molecular weight is 368 g/mol. The predicted molar refractivity (Wildman–Crippen MR) is 106 cm³/mol. The number of amides is 1. The number of hydrogen-bond acceptors (Lipinski definition) is 3. The summed E-state index contributed by atoms with van der Waals surface area (Å²) >= 11 is 0. The number of carbonyl (C=O) groups is 1. The lowest BCUT2D eigenvalue weighted by Gasteiger charge is -2.35. The number of fused-ring (bicyclic) bond motifs is 1. The van der Waals surface area contributed by atoms with E-state index in [1.54, 1.807) is 0 Å². The molecular formula is C18H23Cl2N3O. The quantitative estimate of drug-likeness (QED) is 0.844. The minimum Gasteiger partial charge on any atom is -0.399 e. The number of anilines is 3. The zero-order valence-corrected chi connectivity index (χ0v) is 15.3. The van der Waals surface area contributed by atoms with E-state index in [0.29, 0.717) is 12.8 Å². The molecule has 24 heavy (non-hydrogen) atoms. The number of rotatable bonds is 3. The van der Waals surface area contributed by atoms with Crippen LogP contribution in [0.3, 0.4) is 0 Å². The summed E-state index contributed by atoms with van der Waals surface area (Å²) in [5.74, 6) is 0.156. The molecule has 2 N–H and O–H groups in total. The standard InChI is InChI=1S/C18H21N3O.2ClH/c1-20-12-13-21(17-9-5-4-8-16(17)20)18(22)11-10-14-6-2-3-7-15(14)19;;/h2-9H,10-13,19H2,1H3;2*1H. The molecule has 0 aromatic heterocycles. The second-order valence-corrected chi connectivity index (χ2v) is 5.65. The third-order valence-electron chi connectivity index (χ3n) is 4.21. The summed E-state index contributed by atoms with van der Waals surface area (Å²) in [6.07, 6.45) is 1.16. The average Bonchev–Trinajstić information content (AvgIpc) is 2.54. The molecule has 1 heterocycles. The molecule has 1 amide bonds. The number of likely N-dealkylation sites (N-methyl/N-ethyl adjacent to an activating group) is 1. The molecule has 130 valence electrons. The van der Waals surface area contributed by atoms with Gasteiger partial charge in [0.15, 0.2) is 0 Å². The lowest BCUT2D eigenvalue weighted by Crippen LogP contribution is -2.42. The van der Waals surface area contributed by atoms with E-state index in [-0.39, 0.29) is 30.7 Å². The number of halogens is 2. The van der Waals surface area contributed by atoms with Gasteiger partial charge in [0, 0.05) is 32.2 Å². The van der Waals surface area contributed by atoms with Crippen LogP contribution in [0.25, 0.3) is 0 Å². The molecule has 0 atom stereocenters. The van der Waals surface area contributed by atoms with Crippen LogP contribution in [0.15, 0.2) is 48.5 Å². The first-order valence-corrected chi connectivity index (χ1v) is 7.61. The van der Waals surface area contributed by atoms with Gasteiger partial charge in [0.05, 0.1) is 11.4 Å². The summed E-state index contributed by atoms with van der Waals surface area (Å²) in [7, 11) is 2.06. The minimum absolute atomic E-state index is 0. The molecule has 0 saturated heterocycles. The van der Waals surface area contributed by atoms with E-state index in [1.807, 2.05) is 47.4 Å². The fraction of sp³-hybridized carbons (Fsp3) is 0.278. The molecule has 0 fully saturated rings. The van der Waals surface area contributed by atoms with Crippen LogP contribution in [0, 0.1) is 0 Å².